The summed E-state index contributed by atoms with van der Waals surface area (Å²) in [6, 6.07) is 9.39. The van der Waals surface area contributed by atoms with E-state index in [1.54, 1.807) is 25.1 Å². The number of ether oxygens (including phenoxy) is 1. The minimum Gasteiger partial charge on any atom is -0.508 e. The van der Waals surface area contributed by atoms with Crippen molar-refractivity contribution in [3.05, 3.63) is 75.1 Å². The van der Waals surface area contributed by atoms with Gasteiger partial charge in [-0.2, -0.15) is 0 Å². The molecule has 2 amide bonds. The lowest BCUT2D eigenvalue weighted by Gasteiger charge is -2.21. The first-order valence-corrected chi connectivity index (χ1v) is 9.18. The molecule has 0 bridgehead atoms. The smallest absolute Gasteiger partial charge is 0.336 e. The lowest BCUT2D eigenvalue weighted by atomic mass is 10.1. The van der Waals surface area contributed by atoms with E-state index in [2.05, 4.69) is 0 Å². The van der Waals surface area contributed by atoms with Crippen LogP contribution in [0.1, 0.15) is 38.8 Å². The molecule has 2 aromatic carbocycles. The van der Waals surface area contributed by atoms with Crippen molar-refractivity contribution < 1.29 is 28.6 Å². The molecule has 2 heterocycles. The number of aryl methyl sites for hydroxylation is 1. The third-order valence-corrected chi connectivity index (χ3v) is 5.14. The molecule has 0 radical (unpaired) electrons. The maximum atomic E-state index is 12.6. The van der Waals surface area contributed by atoms with Crippen LogP contribution in [0.25, 0.3) is 11.0 Å². The minimum atomic E-state index is -1.14. The Labute approximate surface area is 170 Å². The summed E-state index contributed by atoms with van der Waals surface area (Å²) in [4.78, 5) is 50.4. The van der Waals surface area contributed by atoms with Crippen molar-refractivity contribution in [2.45, 2.75) is 26.5 Å². The monoisotopic (exact) mass is 407 g/mol. The number of benzene rings is 2. The van der Waals surface area contributed by atoms with Crippen molar-refractivity contribution in [2.75, 3.05) is 0 Å². The van der Waals surface area contributed by atoms with Gasteiger partial charge < -0.3 is 14.3 Å². The minimum absolute atomic E-state index is 0.0287. The van der Waals surface area contributed by atoms with Gasteiger partial charge in [0.15, 0.2) is 0 Å². The van der Waals surface area contributed by atoms with Gasteiger partial charge in [0, 0.05) is 22.6 Å². The number of esters is 1. The molecule has 0 fully saturated rings. The number of carbonyl (C=O) groups excluding carboxylic acids is 3. The number of fused-ring (bicyclic) bond motifs is 2. The van der Waals surface area contributed by atoms with Crippen LogP contribution in [-0.2, 0) is 16.1 Å². The van der Waals surface area contributed by atoms with Gasteiger partial charge in [-0.1, -0.05) is 12.1 Å². The van der Waals surface area contributed by atoms with Crippen LogP contribution >= 0.6 is 0 Å². The van der Waals surface area contributed by atoms with E-state index >= 15 is 0 Å². The molecule has 1 N–H and O–H groups in total. The number of carbonyl (C=O) groups is 3. The zero-order valence-corrected chi connectivity index (χ0v) is 16.2. The quantitative estimate of drug-likeness (QED) is 0.402. The number of hydrogen-bond acceptors (Lipinski definition) is 7. The van der Waals surface area contributed by atoms with Crippen LogP contribution in [-0.4, -0.2) is 33.8 Å². The average molecular weight is 407 g/mol. The first kappa shape index (κ1) is 19.4. The Kier molecular flexibility index (Phi) is 4.62. The molecule has 30 heavy (non-hydrogen) atoms. The molecular weight excluding hydrogens is 390 g/mol. The lowest BCUT2D eigenvalue weighted by Crippen LogP contribution is -2.43. The highest BCUT2D eigenvalue weighted by Gasteiger charge is 2.41. The van der Waals surface area contributed by atoms with Crippen molar-refractivity contribution in [1.82, 2.24) is 4.90 Å². The number of hydrogen-bond donors (Lipinski definition) is 1. The number of phenols is 1. The van der Waals surface area contributed by atoms with E-state index in [9.17, 15) is 24.3 Å². The van der Waals surface area contributed by atoms with Gasteiger partial charge in [0.05, 0.1) is 11.1 Å². The molecule has 152 valence electrons. The van der Waals surface area contributed by atoms with Crippen molar-refractivity contribution >= 4 is 28.8 Å². The van der Waals surface area contributed by atoms with Crippen LogP contribution in [0.15, 0.2) is 51.7 Å². The van der Waals surface area contributed by atoms with Gasteiger partial charge in [-0.05, 0) is 38.1 Å². The van der Waals surface area contributed by atoms with Crippen LogP contribution in [0.5, 0.6) is 5.75 Å². The SMILES string of the molecule is Cc1c(O)ccc2c(COC(=O)C(C)N3C(=O)c4ccccc4C3=O)cc(=O)oc12. The molecule has 4 rings (SSSR count). The first-order chi connectivity index (χ1) is 14.3. The normalized spacial score (nSPS) is 14.1. The summed E-state index contributed by atoms with van der Waals surface area (Å²) in [6.07, 6.45) is 0. The molecule has 0 spiro atoms. The summed E-state index contributed by atoms with van der Waals surface area (Å²) < 4.78 is 10.5. The molecule has 1 aromatic heterocycles. The maximum Gasteiger partial charge on any atom is 0.336 e. The van der Waals surface area contributed by atoms with E-state index in [-0.39, 0.29) is 29.1 Å². The second-order valence-electron chi connectivity index (χ2n) is 6.99. The second kappa shape index (κ2) is 7.14. The van der Waals surface area contributed by atoms with Crippen LogP contribution in [0, 0.1) is 6.92 Å². The van der Waals surface area contributed by atoms with E-state index in [1.807, 2.05) is 0 Å². The van der Waals surface area contributed by atoms with Gasteiger partial charge >= 0.3 is 11.6 Å². The zero-order valence-electron chi connectivity index (χ0n) is 16.2. The van der Waals surface area contributed by atoms with Crippen LogP contribution in [0.2, 0.25) is 0 Å². The number of imide groups is 1. The Morgan fingerprint density at radius 1 is 1.10 bits per heavy atom. The number of aromatic hydroxyl groups is 1. The second-order valence-corrected chi connectivity index (χ2v) is 6.99. The number of amides is 2. The number of rotatable bonds is 4. The summed E-state index contributed by atoms with van der Waals surface area (Å²) in [7, 11) is 0. The molecule has 3 aromatic rings. The summed E-state index contributed by atoms with van der Waals surface area (Å²) in [5.74, 6) is -1.94. The third-order valence-electron chi connectivity index (χ3n) is 5.14. The maximum absolute atomic E-state index is 12.6. The van der Waals surface area contributed by atoms with Gasteiger partial charge in [0.2, 0.25) is 0 Å². The Bertz CT molecular complexity index is 1240. The first-order valence-electron chi connectivity index (χ1n) is 9.18. The van der Waals surface area contributed by atoms with Crippen molar-refractivity contribution in [3.63, 3.8) is 0 Å². The number of phenolic OH excluding ortho intramolecular Hbond substituents is 1. The van der Waals surface area contributed by atoms with Gasteiger partial charge in [-0.3, -0.25) is 14.5 Å². The molecule has 1 atom stereocenters. The van der Waals surface area contributed by atoms with E-state index < -0.39 is 29.5 Å². The summed E-state index contributed by atoms with van der Waals surface area (Å²) in [5.41, 5.74) is 0.787. The summed E-state index contributed by atoms with van der Waals surface area (Å²) >= 11 is 0. The highest BCUT2D eigenvalue weighted by Crippen LogP contribution is 2.28. The molecule has 0 saturated carbocycles. The van der Waals surface area contributed by atoms with Crippen molar-refractivity contribution in [3.8, 4) is 5.75 Å². The fraction of sp³-hybridized carbons (Fsp3) is 0.182. The molecule has 0 aliphatic carbocycles. The third kappa shape index (κ3) is 3.02. The Morgan fingerprint density at radius 3 is 2.37 bits per heavy atom. The predicted molar refractivity (Wildman–Crippen MR) is 105 cm³/mol. The molecular formula is C22H17NO7. The zero-order chi connectivity index (χ0) is 21.6. The van der Waals surface area contributed by atoms with E-state index in [1.165, 1.54) is 31.2 Å². The molecule has 1 aliphatic rings. The van der Waals surface area contributed by atoms with Crippen LogP contribution in [0.3, 0.4) is 0 Å². The van der Waals surface area contributed by atoms with Crippen LogP contribution < -0.4 is 5.63 Å². The van der Waals surface area contributed by atoms with E-state index in [4.69, 9.17) is 9.15 Å². The lowest BCUT2D eigenvalue weighted by molar-refractivity contribution is -0.149. The average Bonchev–Trinajstić information content (AvgIpc) is 2.99. The highest BCUT2D eigenvalue weighted by molar-refractivity contribution is 6.22. The Morgan fingerprint density at radius 2 is 1.73 bits per heavy atom. The Balaban J connectivity index is 1.56. The molecule has 1 unspecified atom stereocenters. The van der Waals surface area contributed by atoms with E-state index in [0.29, 0.717) is 16.5 Å². The number of nitrogens with zero attached hydrogens (tertiary/aromatic N) is 1. The molecule has 1 aliphatic heterocycles. The van der Waals surface area contributed by atoms with Crippen molar-refractivity contribution in [2.24, 2.45) is 0 Å². The fourth-order valence-corrected chi connectivity index (χ4v) is 3.47. The summed E-state index contributed by atoms with van der Waals surface area (Å²) in [6.45, 7) is 2.74. The summed E-state index contributed by atoms with van der Waals surface area (Å²) in [5, 5.41) is 10.3. The van der Waals surface area contributed by atoms with Gasteiger partial charge in [0.25, 0.3) is 11.8 Å². The Hall–Kier alpha value is -3.94. The van der Waals surface area contributed by atoms with Crippen LogP contribution in [0.4, 0.5) is 0 Å². The molecule has 0 saturated heterocycles. The van der Waals surface area contributed by atoms with Gasteiger partial charge in [0.1, 0.15) is 24.0 Å². The standard InChI is InChI=1S/C22H17NO7/c1-11-17(24)8-7-14-13(9-18(25)30-19(11)14)10-29-22(28)12(2)23-20(26)15-5-3-4-6-16(15)21(23)27/h3-9,12,24H,10H2,1-2H3. The topological polar surface area (TPSA) is 114 Å². The largest absolute Gasteiger partial charge is 0.508 e. The molecule has 8 nitrogen and oxygen atoms in total. The molecule has 8 heteroatoms. The van der Waals surface area contributed by atoms with Gasteiger partial charge in [-0.25, -0.2) is 9.59 Å². The van der Waals surface area contributed by atoms with E-state index in [0.717, 1.165) is 4.90 Å². The highest BCUT2D eigenvalue weighted by atomic mass is 16.5. The van der Waals surface area contributed by atoms with Gasteiger partial charge in [-0.15, -0.1) is 0 Å². The van der Waals surface area contributed by atoms with Crippen molar-refractivity contribution in [1.29, 1.82) is 0 Å². The predicted octanol–water partition coefficient (Wildman–Crippen LogP) is 2.53. The fourth-order valence-electron chi connectivity index (χ4n) is 3.47.